The lowest BCUT2D eigenvalue weighted by atomic mass is 9.98. The fraction of sp³-hybridized carbons (Fsp3) is 0.800. The predicted octanol–water partition coefficient (Wildman–Crippen LogP) is 0.576. The van der Waals surface area contributed by atoms with E-state index in [0.29, 0.717) is 12.5 Å². The minimum atomic E-state index is 0.308. The number of rotatable bonds is 3. The fourth-order valence-corrected chi connectivity index (χ4v) is 1.90. The van der Waals surface area contributed by atoms with Crippen LogP contribution in [0, 0.1) is 5.92 Å². The summed E-state index contributed by atoms with van der Waals surface area (Å²) in [4.78, 5) is 6.58. The first kappa shape index (κ1) is 10.4. The van der Waals surface area contributed by atoms with Gasteiger partial charge in [0.1, 0.15) is 5.82 Å². The number of hydrogen-bond acceptors (Lipinski definition) is 4. The zero-order chi connectivity index (χ0) is 10.7. The van der Waals surface area contributed by atoms with Crippen LogP contribution >= 0.6 is 0 Å². The van der Waals surface area contributed by atoms with Crippen molar-refractivity contribution in [3.63, 3.8) is 0 Å². The summed E-state index contributed by atoms with van der Waals surface area (Å²) in [5.41, 5.74) is 0. The molecule has 1 aliphatic rings. The van der Waals surface area contributed by atoms with Gasteiger partial charge in [-0.2, -0.15) is 4.98 Å². The Morgan fingerprint density at radius 1 is 1.47 bits per heavy atom. The van der Waals surface area contributed by atoms with Crippen molar-refractivity contribution in [1.29, 1.82) is 0 Å². The van der Waals surface area contributed by atoms with Crippen LogP contribution in [0.5, 0.6) is 0 Å². The van der Waals surface area contributed by atoms with Crippen molar-refractivity contribution >= 4 is 5.95 Å². The minimum absolute atomic E-state index is 0.308. The molecule has 0 saturated carbocycles. The second-order valence-corrected chi connectivity index (χ2v) is 4.05. The molecule has 5 heteroatoms. The highest BCUT2D eigenvalue weighted by molar-refractivity contribution is 5.29. The zero-order valence-electron chi connectivity index (χ0n) is 9.11. The molecule has 0 radical (unpaired) electrons. The fourth-order valence-electron chi connectivity index (χ4n) is 1.90. The summed E-state index contributed by atoms with van der Waals surface area (Å²) in [5.74, 6) is 2.21. The van der Waals surface area contributed by atoms with Crippen LogP contribution in [0.4, 0.5) is 5.95 Å². The monoisotopic (exact) mass is 210 g/mol. The Balaban J connectivity index is 1.95. The number of aliphatic hydroxyl groups is 1. The first-order valence-corrected chi connectivity index (χ1v) is 5.60. The van der Waals surface area contributed by atoms with Gasteiger partial charge in [-0.15, -0.1) is 5.10 Å². The Morgan fingerprint density at radius 2 is 2.20 bits per heavy atom. The number of aliphatic hydroxyl groups excluding tert-OH is 1. The summed E-state index contributed by atoms with van der Waals surface area (Å²) >= 11 is 0. The molecule has 15 heavy (non-hydrogen) atoms. The van der Waals surface area contributed by atoms with Crippen molar-refractivity contribution in [2.75, 3.05) is 24.6 Å². The molecular formula is C10H18N4O. The number of aromatic nitrogens is 3. The molecule has 1 fully saturated rings. The van der Waals surface area contributed by atoms with Gasteiger partial charge in [0.2, 0.25) is 5.95 Å². The molecule has 2 heterocycles. The van der Waals surface area contributed by atoms with Gasteiger partial charge in [0, 0.05) is 26.1 Å². The van der Waals surface area contributed by atoms with E-state index in [1.165, 1.54) is 0 Å². The number of aryl methyl sites for hydroxylation is 1. The highest BCUT2D eigenvalue weighted by atomic mass is 16.3. The Morgan fingerprint density at radius 3 is 2.73 bits per heavy atom. The zero-order valence-corrected chi connectivity index (χ0v) is 9.11. The summed E-state index contributed by atoms with van der Waals surface area (Å²) in [6, 6.07) is 0. The van der Waals surface area contributed by atoms with Crippen molar-refractivity contribution in [3.05, 3.63) is 5.82 Å². The number of hydrogen-bond donors (Lipinski definition) is 2. The van der Waals surface area contributed by atoms with E-state index in [4.69, 9.17) is 5.11 Å². The standard InChI is InChI=1S/C10H18N4O/c1-2-9-11-10(13-12-9)14-5-3-8(7-15)4-6-14/h8,15H,2-7H2,1H3,(H,11,12,13). The molecule has 0 aromatic carbocycles. The summed E-state index contributed by atoms with van der Waals surface area (Å²) in [7, 11) is 0. The average molecular weight is 210 g/mol. The van der Waals surface area contributed by atoms with E-state index < -0.39 is 0 Å². The van der Waals surface area contributed by atoms with Gasteiger partial charge in [0.05, 0.1) is 0 Å². The maximum absolute atomic E-state index is 9.03. The van der Waals surface area contributed by atoms with Gasteiger partial charge >= 0.3 is 0 Å². The van der Waals surface area contributed by atoms with Crippen molar-refractivity contribution in [2.45, 2.75) is 26.2 Å². The predicted molar refractivity (Wildman–Crippen MR) is 57.8 cm³/mol. The first-order chi connectivity index (χ1) is 7.33. The highest BCUT2D eigenvalue weighted by Crippen LogP contribution is 2.19. The topological polar surface area (TPSA) is 65.0 Å². The summed E-state index contributed by atoms with van der Waals surface area (Å²) in [5, 5.41) is 16.1. The van der Waals surface area contributed by atoms with Gasteiger partial charge in [0.25, 0.3) is 0 Å². The highest BCUT2D eigenvalue weighted by Gasteiger charge is 2.20. The third-order valence-electron chi connectivity index (χ3n) is 3.01. The van der Waals surface area contributed by atoms with E-state index in [2.05, 4.69) is 27.0 Å². The van der Waals surface area contributed by atoms with E-state index >= 15 is 0 Å². The maximum atomic E-state index is 9.03. The molecule has 1 aromatic rings. The van der Waals surface area contributed by atoms with Crippen LogP contribution in [0.2, 0.25) is 0 Å². The third kappa shape index (κ3) is 2.28. The number of aromatic amines is 1. The number of H-pyrrole nitrogens is 1. The Bertz CT molecular complexity index is 304. The Hall–Kier alpha value is -1.10. The summed E-state index contributed by atoms with van der Waals surface area (Å²) < 4.78 is 0. The lowest BCUT2D eigenvalue weighted by Crippen LogP contribution is -2.35. The maximum Gasteiger partial charge on any atom is 0.244 e. The molecular weight excluding hydrogens is 192 g/mol. The number of nitrogens with one attached hydrogen (secondary N) is 1. The minimum Gasteiger partial charge on any atom is -0.396 e. The van der Waals surface area contributed by atoms with Crippen LogP contribution in [0.25, 0.3) is 0 Å². The molecule has 1 aromatic heterocycles. The molecule has 0 aliphatic carbocycles. The smallest absolute Gasteiger partial charge is 0.244 e. The Labute approximate surface area is 89.5 Å². The lowest BCUT2D eigenvalue weighted by molar-refractivity contribution is 0.202. The molecule has 1 aliphatic heterocycles. The van der Waals surface area contributed by atoms with Crippen molar-refractivity contribution in [3.8, 4) is 0 Å². The molecule has 2 rings (SSSR count). The average Bonchev–Trinajstić information content (AvgIpc) is 2.78. The van der Waals surface area contributed by atoms with E-state index in [0.717, 1.165) is 44.1 Å². The number of anilines is 1. The van der Waals surface area contributed by atoms with Crippen molar-refractivity contribution in [2.24, 2.45) is 5.92 Å². The van der Waals surface area contributed by atoms with Crippen LogP contribution in [-0.4, -0.2) is 40.0 Å². The van der Waals surface area contributed by atoms with Crippen LogP contribution in [0.1, 0.15) is 25.6 Å². The second-order valence-electron chi connectivity index (χ2n) is 4.05. The first-order valence-electron chi connectivity index (χ1n) is 5.60. The van der Waals surface area contributed by atoms with E-state index in [9.17, 15) is 0 Å². The summed E-state index contributed by atoms with van der Waals surface area (Å²) in [6.07, 6.45) is 2.96. The molecule has 0 spiro atoms. The molecule has 0 bridgehead atoms. The van der Waals surface area contributed by atoms with Crippen LogP contribution in [-0.2, 0) is 6.42 Å². The van der Waals surface area contributed by atoms with E-state index in [1.807, 2.05) is 0 Å². The van der Waals surface area contributed by atoms with Crippen LogP contribution in [0.3, 0.4) is 0 Å². The van der Waals surface area contributed by atoms with Crippen LogP contribution in [0.15, 0.2) is 0 Å². The molecule has 2 N–H and O–H groups in total. The number of piperidine rings is 1. The van der Waals surface area contributed by atoms with Crippen molar-refractivity contribution in [1.82, 2.24) is 15.2 Å². The van der Waals surface area contributed by atoms with Gasteiger partial charge in [-0.05, 0) is 18.8 Å². The van der Waals surface area contributed by atoms with Gasteiger partial charge in [-0.3, -0.25) is 5.10 Å². The molecule has 84 valence electrons. The lowest BCUT2D eigenvalue weighted by Gasteiger charge is -2.30. The SMILES string of the molecule is CCc1nc(N2CCC(CO)CC2)n[nH]1. The van der Waals surface area contributed by atoms with Gasteiger partial charge < -0.3 is 10.0 Å². The van der Waals surface area contributed by atoms with Gasteiger partial charge in [0.15, 0.2) is 0 Å². The molecule has 0 atom stereocenters. The van der Waals surface area contributed by atoms with Gasteiger partial charge in [-0.1, -0.05) is 6.92 Å². The summed E-state index contributed by atoms with van der Waals surface area (Å²) in [6.45, 7) is 4.27. The van der Waals surface area contributed by atoms with Crippen LogP contribution < -0.4 is 4.90 Å². The molecule has 5 nitrogen and oxygen atoms in total. The molecule has 0 unspecified atom stereocenters. The number of nitrogens with zero attached hydrogens (tertiary/aromatic N) is 3. The Kier molecular flexibility index (Phi) is 3.20. The van der Waals surface area contributed by atoms with Gasteiger partial charge in [-0.25, -0.2) is 0 Å². The quantitative estimate of drug-likeness (QED) is 0.765. The molecule has 0 amide bonds. The normalized spacial score (nSPS) is 18.4. The second kappa shape index (κ2) is 4.61. The third-order valence-corrected chi connectivity index (χ3v) is 3.01. The van der Waals surface area contributed by atoms with E-state index in [1.54, 1.807) is 0 Å². The van der Waals surface area contributed by atoms with E-state index in [-0.39, 0.29) is 0 Å². The molecule has 1 saturated heterocycles. The largest absolute Gasteiger partial charge is 0.396 e. The van der Waals surface area contributed by atoms with Crippen molar-refractivity contribution < 1.29 is 5.11 Å².